The number of piperidine rings is 1. The van der Waals surface area contributed by atoms with Gasteiger partial charge in [-0.15, -0.1) is 0 Å². The van der Waals surface area contributed by atoms with Gasteiger partial charge < -0.3 is 9.84 Å². The lowest BCUT2D eigenvalue weighted by Gasteiger charge is -2.44. The number of rotatable bonds is 4. The molecule has 0 bridgehead atoms. The van der Waals surface area contributed by atoms with Gasteiger partial charge in [-0.2, -0.15) is 0 Å². The van der Waals surface area contributed by atoms with Crippen LogP contribution in [0.4, 0.5) is 0 Å². The first-order valence-electron chi connectivity index (χ1n) is 9.81. The summed E-state index contributed by atoms with van der Waals surface area (Å²) in [6, 6.07) is 13.7. The van der Waals surface area contributed by atoms with Gasteiger partial charge in [0.15, 0.2) is 6.04 Å². The number of ether oxygens (including phenoxy) is 1. The van der Waals surface area contributed by atoms with Gasteiger partial charge >= 0.3 is 5.97 Å². The lowest BCUT2D eigenvalue weighted by atomic mass is 9.96. The molecule has 1 amide bonds. The summed E-state index contributed by atoms with van der Waals surface area (Å²) in [4.78, 5) is 28.9. The third-order valence-electron chi connectivity index (χ3n) is 5.81. The van der Waals surface area contributed by atoms with E-state index in [0.29, 0.717) is 31.0 Å². The lowest BCUT2D eigenvalue weighted by molar-refractivity contribution is -0.144. The Hall–Kier alpha value is -2.12. The summed E-state index contributed by atoms with van der Waals surface area (Å²) in [5.74, 6) is -1.53. The van der Waals surface area contributed by atoms with Gasteiger partial charge in [-0.3, -0.25) is 14.6 Å². The number of carboxylic acids is 1. The van der Waals surface area contributed by atoms with E-state index >= 15 is 0 Å². The highest BCUT2D eigenvalue weighted by molar-refractivity contribution is 6.36. The molecular formula is C22H22Cl2N2O4. The van der Waals surface area contributed by atoms with Crippen LogP contribution in [0.3, 0.4) is 0 Å². The van der Waals surface area contributed by atoms with E-state index in [-0.39, 0.29) is 17.2 Å². The van der Waals surface area contributed by atoms with Crippen LogP contribution in [0.15, 0.2) is 48.5 Å². The Labute approximate surface area is 184 Å². The smallest absolute Gasteiger partial charge is 0.328 e. The molecule has 2 heterocycles. The molecule has 2 aliphatic rings. The molecule has 1 atom stereocenters. The maximum atomic E-state index is 13.4. The Balaban J connectivity index is 1.56. The monoisotopic (exact) mass is 448 g/mol. The molecule has 2 aromatic carbocycles. The summed E-state index contributed by atoms with van der Waals surface area (Å²) < 4.78 is 6.00. The Morgan fingerprint density at radius 2 is 1.80 bits per heavy atom. The number of carbonyl (C=O) groups is 2. The Bertz CT molecular complexity index is 945. The zero-order valence-electron chi connectivity index (χ0n) is 16.3. The third-order valence-corrected chi connectivity index (χ3v) is 6.36. The van der Waals surface area contributed by atoms with E-state index in [1.165, 1.54) is 22.6 Å². The topological polar surface area (TPSA) is 70.1 Å². The molecule has 6 nitrogen and oxygen atoms in total. The van der Waals surface area contributed by atoms with E-state index in [9.17, 15) is 14.7 Å². The fourth-order valence-corrected chi connectivity index (χ4v) is 4.74. The van der Waals surface area contributed by atoms with Crippen molar-refractivity contribution in [1.82, 2.24) is 9.80 Å². The molecular weight excluding hydrogens is 427 g/mol. The standard InChI is InChI=1S/C22H22Cl2N2O4/c23-16-6-7-17(18(24)12-16)20(27)26-19(21(28)29)14-30-22(26)8-10-25(11-9-22)13-15-4-2-1-3-5-15/h1-7,12,19H,8-11,13-14H2,(H,28,29)/t19-/m1/s1. The van der Waals surface area contributed by atoms with Gasteiger partial charge in [0.1, 0.15) is 5.72 Å². The maximum Gasteiger partial charge on any atom is 0.328 e. The molecule has 1 spiro atoms. The van der Waals surface area contributed by atoms with Crippen molar-refractivity contribution in [2.75, 3.05) is 19.7 Å². The van der Waals surface area contributed by atoms with Crippen molar-refractivity contribution in [2.45, 2.75) is 31.2 Å². The Kier molecular flexibility index (Phi) is 6.02. The summed E-state index contributed by atoms with van der Waals surface area (Å²) in [6.45, 7) is 2.15. The number of carboxylic acid groups (broad SMARTS) is 1. The first-order valence-corrected chi connectivity index (χ1v) is 10.6. The van der Waals surface area contributed by atoms with Crippen LogP contribution in [0.1, 0.15) is 28.8 Å². The number of hydrogen-bond donors (Lipinski definition) is 1. The number of carbonyl (C=O) groups excluding carboxylic acids is 1. The van der Waals surface area contributed by atoms with Crippen LogP contribution in [0.2, 0.25) is 10.0 Å². The summed E-state index contributed by atoms with van der Waals surface area (Å²) in [7, 11) is 0. The highest BCUT2D eigenvalue weighted by atomic mass is 35.5. The molecule has 2 fully saturated rings. The van der Waals surface area contributed by atoms with E-state index in [1.54, 1.807) is 6.07 Å². The summed E-state index contributed by atoms with van der Waals surface area (Å²) >= 11 is 12.2. The van der Waals surface area contributed by atoms with Gasteiger partial charge in [-0.05, 0) is 23.8 Å². The number of nitrogens with zero attached hydrogens (tertiary/aromatic N) is 2. The number of aliphatic carboxylic acids is 1. The predicted molar refractivity (Wildman–Crippen MR) is 114 cm³/mol. The second kappa shape index (κ2) is 8.55. The van der Waals surface area contributed by atoms with Crippen LogP contribution in [0.5, 0.6) is 0 Å². The summed E-state index contributed by atoms with van der Waals surface area (Å²) in [6.07, 6.45) is 1.06. The van der Waals surface area contributed by atoms with Crippen LogP contribution in [-0.4, -0.2) is 58.2 Å². The van der Waals surface area contributed by atoms with Crippen LogP contribution < -0.4 is 0 Å². The van der Waals surface area contributed by atoms with Gasteiger partial charge in [0.05, 0.1) is 17.2 Å². The normalized spacial score (nSPS) is 21.1. The number of hydrogen-bond acceptors (Lipinski definition) is 4. The van der Waals surface area contributed by atoms with Crippen molar-refractivity contribution in [3.63, 3.8) is 0 Å². The first-order chi connectivity index (χ1) is 14.4. The molecule has 2 saturated heterocycles. The van der Waals surface area contributed by atoms with Gasteiger partial charge in [-0.25, -0.2) is 4.79 Å². The molecule has 4 rings (SSSR count). The molecule has 1 N–H and O–H groups in total. The Morgan fingerprint density at radius 3 is 2.43 bits per heavy atom. The van der Waals surface area contributed by atoms with Crippen molar-refractivity contribution in [3.8, 4) is 0 Å². The molecule has 0 aliphatic carbocycles. The van der Waals surface area contributed by atoms with Crippen LogP contribution >= 0.6 is 23.2 Å². The molecule has 30 heavy (non-hydrogen) atoms. The number of amides is 1. The molecule has 0 aromatic heterocycles. The molecule has 158 valence electrons. The molecule has 0 unspecified atom stereocenters. The third kappa shape index (κ3) is 4.05. The largest absolute Gasteiger partial charge is 0.480 e. The minimum absolute atomic E-state index is 0.0367. The predicted octanol–water partition coefficient (Wildman–Crippen LogP) is 3.91. The summed E-state index contributed by atoms with van der Waals surface area (Å²) in [5, 5.41) is 10.3. The molecule has 8 heteroatoms. The van der Waals surface area contributed by atoms with Crippen LogP contribution in [-0.2, 0) is 16.1 Å². The quantitative estimate of drug-likeness (QED) is 0.767. The van der Waals surface area contributed by atoms with Crippen molar-refractivity contribution < 1.29 is 19.4 Å². The average Bonchev–Trinajstić information content (AvgIpc) is 3.09. The molecule has 2 aromatic rings. The molecule has 0 radical (unpaired) electrons. The fraction of sp³-hybridized carbons (Fsp3) is 0.364. The van der Waals surface area contributed by atoms with Crippen molar-refractivity contribution >= 4 is 35.1 Å². The molecule has 2 aliphatic heterocycles. The number of likely N-dealkylation sites (tertiary alicyclic amines) is 1. The zero-order chi connectivity index (χ0) is 21.3. The molecule has 0 saturated carbocycles. The van der Waals surface area contributed by atoms with Gasteiger partial charge in [-0.1, -0.05) is 53.5 Å². The first kappa shape index (κ1) is 21.1. The van der Waals surface area contributed by atoms with Gasteiger partial charge in [0.2, 0.25) is 0 Å². The van der Waals surface area contributed by atoms with Gasteiger partial charge in [0, 0.05) is 37.5 Å². The highest BCUT2D eigenvalue weighted by Gasteiger charge is 2.54. The second-order valence-corrected chi connectivity index (χ2v) is 8.52. The minimum Gasteiger partial charge on any atom is -0.480 e. The van der Waals surface area contributed by atoms with Gasteiger partial charge in [0.25, 0.3) is 5.91 Å². The fourth-order valence-electron chi connectivity index (χ4n) is 4.25. The van der Waals surface area contributed by atoms with E-state index in [4.69, 9.17) is 27.9 Å². The van der Waals surface area contributed by atoms with Crippen LogP contribution in [0, 0.1) is 0 Å². The van der Waals surface area contributed by atoms with E-state index in [0.717, 1.165) is 6.54 Å². The van der Waals surface area contributed by atoms with E-state index in [2.05, 4.69) is 17.0 Å². The number of halogens is 2. The SMILES string of the molecule is O=C(O)[C@H]1COC2(CCN(Cc3ccccc3)CC2)N1C(=O)c1ccc(Cl)cc1Cl. The van der Waals surface area contributed by atoms with Crippen LogP contribution in [0.25, 0.3) is 0 Å². The highest BCUT2D eigenvalue weighted by Crippen LogP contribution is 2.39. The van der Waals surface area contributed by atoms with E-state index < -0.39 is 23.6 Å². The van der Waals surface area contributed by atoms with Crippen molar-refractivity contribution in [2.24, 2.45) is 0 Å². The lowest BCUT2D eigenvalue weighted by Crippen LogP contribution is -2.58. The van der Waals surface area contributed by atoms with E-state index in [1.807, 2.05) is 18.2 Å². The summed E-state index contributed by atoms with van der Waals surface area (Å²) in [5.41, 5.74) is 0.491. The zero-order valence-corrected chi connectivity index (χ0v) is 17.8. The second-order valence-electron chi connectivity index (χ2n) is 7.67. The maximum absolute atomic E-state index is 13.4. The van der Waals surface area contributed by atoms with Crippen molar-refractivity contribution in [3.05, 3.63) is 69.7 Å². The average molecular weight is 449 g/mol. The number of benzene rings is 2. The van der Waals surface area contributed by atoms with Crippen molar-refractivity contribution in [1.29, 1.82) is 0 Å². The minimum atomic E-state index is -1.09. The Morgan fingerprint density at radius 1 is 1.10 bits per heavy atom.